The van der Waals surface area contributed by atoms with Crippen LogP contribution in [0.15, 0.2) is 80.8 Å². The highest BCUT2D eigenvalue weighted by Gasteiger charge is 2.24. The summed E-state index contributed by atoms with van der Waals surface area (Å²) in [5, 5.41) is 10.1. The molecule has 3 aromatic rings. The zero-order valence-corrected chi connectivity index (χ0v) is 16.6. The molecule has 0 saturated carbocycles. The fraction of sp³-hybridized carbons (Fsp3) is 0.0526. The monoisotopic (exact) mass is 415 g/mol. The predicted molar refractivity (Wildman–Crippen MR) is 106 cm³/mol. The molecule has 0 saturated heterocycles. The Morgan fingerprint density at radius 3 is 2.56 bits per heavy atom. The molecule has 5 nitrogen and oxygen atoms in total. The van der Waals surface area contributed by atoms with E-state index in [1.807, 2.05) is 30.3 Å². The van der Waals surface area contributed by atoms with Gasteiger partial charge in [0, 0.05) is 21.9 Å². The maximum absolute atomic E-state index is 12.8. The molecule has 0 bridgehead atoms. The summed E-state index contributed by atoms with van der Waals surface area (Å²) in [7, 11) is -2.39. The van der Waals surface area contributed by atoms with Crippen LogP contribution in [-0.2, 0) is 16.9 Å². The lowest BCUT2D eigenvalue weighted by atomic mass is 10.2. The summed E-state index contributed by atoms with van der Waals surface area (Å²) in [4.78, 5) is 5.27. The molecule has 2 aromatic carbocycles. The van der Waals surface area contributed by atoms with Crippen molar-refractivity contribution in [3.8, 4) is 6.07 Å². The van der Waals surface area contributed by atoms with Gasteiger partial charge in [-0.1, -0.05) is 41.6 Å². The first-order valence-corrected chi connectivity index (χ1v) is 10.5. The second-order valence-corrected chi connectivity index (χ2v) is 8.98. The number of allylic oxidation sites excluding steroid dienone is 1. The molecule has 0 radical (unpaired) electrons. The van der Waals surface area contributed by atoms with Gasteiger partial charge in [0.2, 0.25) is 9.84 Å². The van der Waals surface area contributed by atoms with Crippen LogP contribution in [-0.4, -0.2) is 18.0 Å². The molecule has 0 fully saturated rings. The molecule has 27 heavy (non-hydrogen) atoms. The molecule has 8 heteroatoms. The van der Waals surface area contributed by atoms with Gasteiger partial charge in [-0.15, -0.1) is 0 Å². The van der Waals surface area contributed by atoms with Crippen LogP contribution in [0.2, 0.25) is 5.02 Å². The lowest BCUT2D eigenvalue weighted by molar-refractivity contribution is 0.593. The Bertz CT molecular complexity index is 1140. The van der Waals surface area contributed by atoms with Gasteiger partial charge in [0.05, 0.1) is 12.5 Å². The molecule has 0 N–H and O–H groups in total. The lowest BCUT2D eigenvalue weighted by Crippen LogP contribution is -2.08. The van der Waals surface area contributed by atoms with Crippen molar-refractivity contribution < 1.29 is 8.42 Å². The summed E-state index contributed by atoms with van der Waals surface area (Å²) < 4.78 is 26.9. The molecule has 0 atom stereocenters. The molecule has 136 valence electrons. The first-order valence-electron chi connectivity index (χ1n) is 7.77. The Balaban J connectivity index is 2.02. The maximum atomic E-state index is 12.8. The number of hydrogen-bond acceptors (Lipinski definition) is 5. The Morgan fingerprint density at radius 2 is 1.93 bits per heavy atom. The van der Waals surface area contributed by atoms with E-state index in [4.69, 9.17) is 11.6 Å². The fourth-order valence-electron chi connectivity index (χ4n) is 2.35. The number of nitrogens with zero attached hydrogens (tertiary/aromatic N) is 3. The highest BCUT2D eigenvalue weighted by Crippen LogP contribution is 2.33. The highest BCUT2D eigenvalue weighted by molar-refractivity contribution is 7.99. The molecular weight excluding hydrogens is 402 g/mol. The van der Waals surface area contributed by atoms with Crippen LogP contribution < -0.4 is 0 Å². The summed E-state index contributed by atoms with van der Waals surface area (Å²) in [6.45, 7) is 0. The van der Waals surface area contributed by atoms with E-state index in [0.717, 1.165) is 9.79 Å². The topological polar surface area (TPSA) is 75.8 Å². The van der Waals surface area contributed by atoms with E-state index in [2.05, 4.69) is 4.98 Å². The molecule has 1 aromatic heterocycles. The van der Waals surface area contributed by atoms with Crippen LogP contribution >= 0.6 is 23.4 Å². The van der Waals surface area contributed by atoms with Gasteiger partial charge in [-0.3, -0.25) is 0 Å². The Hall–Kier alpha value is -2.53. The Kier molecular flexibility index (Phi) is 5.71. The van der Waals surface area contributed by atoms with Crippen molar-refractivity contribution >= 4 is 39.3 Å². The van der Waals surface area contributed by atoms with Crippen molar-refractivity contribution in [2.24, 2.45) is 7.05 Å². The predicted octanol–water partition coefficient (Wildman–Crippen LogP) is 4.56. The number of halogens is 1. The van der Waals surface area contributed by atoms with Gasteiger partial charge in [0.25, 0.3) is 0 Å². The molecule has 0 aliphatic heterocycles. The summed E-state index contributed by atoms with van der Waals surface area (Å²) in [6, 6.07) is 16.4. The second kappa shape index (κ2) is 8.01. The summed E-state index contributed by atoms with van der Waals surface area (Å²) >= 11 is 7.38. The fourth-order valence-corrected chi connectivity index (χ4v) is 4.65. The molecule has 1 heterocycles. The number of hydrogen-bond donors (Lipinski definition) is 0. The second-order valence-electron chi connectivity index (χ2n) is 5.56. The van der Waals surface area contributed by atoms with Gasteiger partial charge in [-0.25, -0.2) is 13.4 Å². The summed E-state index contributed by atoms with van der Waals surface area (Å²) in [5.41, 5.74) is 0.639. The van der Waals surface area contributed by atoms with Crippen LogP contribution in [0.25, 0.3) is 6.08 Å². The van der Waals surface area contributed by atoms with Crippen molar-refractivity contribution in [1.29, 1.82) is 5.26 Å². The van der Waals surface area contributed by atoms with Gasteiger partial charge in [0.15, 0.2) is 9.93 Å². The van der Waals surface area contributed by atoms with Crippen molar-refractivity contribution in [3.05, 3.63) is 76.5 Å². The first kappa shape index (κ1) is 19.2. The molecule has 0 unspecified atom stereocenters. The summed E-state index contributed by atoms with van der Waals surface area (Å²) in [5.74, 6) is 0. The van der Waals surface area contributed by atoms with Gasteiger partial charge in [-0.2, -0.15) is 5.26 Å². The van der Waals surface area contributed by atoms with E-state index in [-0.39, 0.29) is 9.93 Å². The van der Waals surface area contributed by atoms with Crippen molar-refractivity contribution in [2.45, 2.75) is 14.8 Å². The van der Waals surface area contributed by atoms with E-state index in [0.29, 0.717) is 10.6 Å². The number of rotatable bonds is 5. The SMILES string of the molecule is Cn1cncc1S(=O)(=O)C(C#N)=Cc1ccccc1Sc1ccc(Cl)cc1. The number of imidazole rings is 1. The van der Waals surface area contributed by atoms with Crippen molar-refractivity contribution in [1.82, 2.24) is 9.55 Å². The van der Waals surface area contributed by atoms with Crippen molar-refractivity contribution in [2.75, 3.05) is 0 Å². The van der Waals surface area contributed by atoms with Gasteiger partial charge >= 0.3 is 0 Å². The summed E-state index contributed by atoms with van der Waals surface area (Å²) in [6.07, 6.45) is 4.00. The van der Waals surface area contributed by atoms with Gasteiger partial charge in [-0.05, 0) is 42.0 Å². The number of nitriles is 1. The van der Waals surface area contributed by atoms with Crippen LogP contribution in [0.1, 0.15) is 5.56 Å². The molecule has 0 aliphatic carbocycles. The van der Waals surface area contributed by atoms with Crippen molar-refractivity contribution in [3.63, 3.8) is 0 Å². The molecule has 0 amide bonds. The molecule has 3 rings (SSSR count). The maximum Gasteiger partial charge on any atom is 0.233 e. The van der Waals surface area contributed by atoms with Gasteiger partial charge in [0.1, 0.15) is 6.07 Å². The third kappa shape index (κ3) is 4.25. The molecule has 0 aliphatic rings. The Morgan fingerprint density at radius 1 is 1.22 bits per heavy atom. The Labute approximate surface area is 166 Å². The number of aryl methyl sites for hydroxylation is 1. The van der Waals surface area contributed by atoms with E-state index in [1.165, 1.54) is 34.9 Å². The smallest absolute Gasteiger partial charge is 0.233 e. The number of benzene rings is 2. The normalized spacial score (nSPS) is 12.0. The minimum absolute atomic E-state index is 0.0295. The average Bonchev–Trinajstić information content (AvgIpc) is 3.09. The largest absolute Gasteiger partial charge is 0.325 e. The van der Waals surface area contributed by atoms with Crippen LogP contribution in [0.5, 0.6) is 0 Å². The standard InChI is InChI=1S/C19H14ClN3O2S2/c1-23-13-22-12-19(23)27(24,25)17(11-21)10-14-4-2-3-5-18(14)26-16-8-6-15(20)7-9-16/h2-10,12-13H,1H3. The van der Waals surface area contributed by atoms with Crippen LogP contribution in [0.3, 0.4) is 0 Å². The molecule has 0 spiro atoms. The third-order valence-corrected chi connectivity index (χ3v) is 6.78. The van der Waals surface area contributed by atoms with Crippen LogP contribution in [0.4, 0.5) is 0 Å². The highest BCUT2D eigenvalue weighted by atomic mass is 35.5. The minimum Gasteiger partial charge on any atom is -0.325 e. The van der Waals surface area contributed by atoms with E-state index < -0.39 is 9.84 Å². The molecular formula is C19H14ClN3O2S2. The minimum atomic E-state index is -3.96. The van der Waals surface area contributed by atoms with E-state index in [1.54, 1.807) is 31.3 Å². The zero-order chi connectivity index (χ0) is 19.4. The average molecular weight is 416 g/mol. The first-order chi connectivity index (χ1) is 12.9. The quantitative estimate of drug-likeness (QED) is 0.571. The van der Waals surface area contributed by atoms with Crippen LogP contribution in [0, 0.1) is 11.3 Å². The van der Waals surface area contributed by atoms with E-state index in [9.17, 15) is 13.7 Å². The number of sulfone groups is 1. The van der Waals surface area contributed by atoms with Gasteiger partial charge < -0.3 is 4.57 Å². The lowest BCUT2D eigenvalue weighted by Gasteiger charge is -2.08. The number of aromatic nitrogens is 2. The van der Waals surface area contributed by atoms with E-state index >= 15 is 0 Å². The third-order valence-electron chi connectivity index (χ3n) is 3.69. The zero-order valence-electron chi connectivity index (χ0n) is 14.2.